The second kappa shape index (κ2) is 7.18. The van der Waals surface area contributed by atoms with Crippen LogP contribution >= 0.6 is 0 Å². The van der Waals surface area contributed by atoms with Crippen molar-refractivity contribution in [3.63, 3.8) is 0 Å². The summed E-state index contributed by atoms with van der Waals surface area (Å²) in [5.41, 5.74) is 1.44. The SMILES string of the molecule is O=C1[C@H](/C=C/c2ccccc2O)CC[C@@H]1/C=C/c1ccccc1O. The van der Waals surface area contributed by atoms with Crippen molar-refractivity contribution in [1.82, 2.24) is 0 Å². The van der Waals surface area contributed by atoms with E-state index in [1.807, 2.05) is 48.6 Å². The van der Waals surface area contributed by atoms with Crippen molar-refractivity contribution in [3.05, 3.63) is 71.8 Å². The van der Waals surface area contributed by atoms with Crippen LogP contribution in [-0.2, 0) is 4.79 Å². The van der Waals surface area contributed by atoms with Gasteiger partial charge in [-0.2, -0.15) is 0 Å². The van der Waals surface area contributed by atoms with Gasteiger partial charge in [0.25, 0.3) is 0 Å². The van der Waals surface area contributed by atoms with E-state index in [0.29, 0.717) is 0 Å². The molecule has 2 N–H and O–H groups in total. The third-order valence-electron chi connectivity index (χ3n) is 4.41. The molecular formula is C21H20O3. The molecule has 1 aliphatic rings. The van der Waals surface area contributed by atoms with Gasteiger partial charge in [0.05, 0.1) is 0 Å². The van der Waals surface area contributed by atoms with Crippen molar-refractivity contribution >= 4 is 17.9 Å². The van der Waals surface area contributed by atoms with Gasteiger partial charge in [0, 0.05) is 23.0 Å². The average Bonchev–Trinajstić information content (AvgIpc) is 2.94. The molecule has 1 fully saturated rings. The van der Waals surface area contributed by atoms with Gasteiger partial charge in [0.2, 0.25) is 0 Å². The fraction of sp³-hybridized carbons (Fsp3) is 0.190. The zero-order chi connectivity index (χ0) is 16.9. The molecule has 0 aromatic heterocycles. The number of benzene rings is 2. The van der Waals surface area contributed by atoms with Crippen LogP contribution in [0.1, 0.15) is 24.0 Å². The van der Waals surface area contributed by atoms with E-state index in [0.717, 1.165) is 24.0 Å². The van der Waals surface area contributed by atoms with Crippen LogP contribution in [0, 0.1) is 11.8 Å². The summed E-state index contributed by atoms with van der Waals surface area (Å²) in [7, 11) is 0. The van der Waals surface area contributed by atoms with E-state index >= 15 is 0 Å². The molecule has 0 aliphatic heterocycles. The Labute approximate surface area is 141 Å². The molecule has 2 atom stereocenters. The van der Waals surface area contributed by atoms with E-state index in [1.54, 1.807) is 24.3 Å². The minimum Gasteiger partial charge on any atom is -0.507 e. The molecular weight excluding hydrogens is 300 g/mol. The lowest BCUT2D eigenvalue weighted by atomic mass is 10.00. The summed E-state index contributed by atoms with van der Waals surface area (Å²) in [5.74, 6) is 0.381. The number of rotatable bonds is 4. The Morgan fingerprint density at radius 1 is 0.750 bits per heavy atom. The number of phenols is 2. The highest BCUT2D eigenvalue weighted by atomic mass is 16.3. The molecule has 0 heterocycles. The molecule has 0 amide bonds. The van der Waals surface area contributed by atoms with Crippen LogP contribution < -0.4 is 0 Å². The molecule has 1 aliphatic carbocycles. The topological polar surface area (TPSA) is 57.5 Å². The first-order chi connectivity index (χ1) is 11.6. The van der Waals surface area contributed by atoms with Gasteiger partial charge in [-0.05, 0) is 25.0 Å². The van der Waals surface area contributed by atoms with Gasteiger partial charge >= 0.3 is 0 Å². The second-order valence-electron chi connectivity index (χ2n) is 6.03. The molecule has 0 bridgehead atoms. The number of phenolic OH excluding ortho intramolecular Hbond substituents is 2. The van der Waals surface area contributed by atoms with E-state index in [2.05, 4.69) is 0 Å². The highest BCUT2D eigenvalue weighted by Crippen LogP contribution is 2.31. The summed E-state index contributed by atoms with van der Waals surface area (Å²) in [6.45, 7) is 0. The standard InChI is InChI=1S/C21H20O3/c22-19-7-3-1-5-15(19)9-11-17-13-14-18(21(17)24)12-10-16-6-2-4-8-20(16)23/h1-12,17-18,22-23H,13-14H2/b11-9+,12-10+/t17-,18+. The first kappa shape index (κ1) is 16.1. The maximum atomic E-state index is 12.5. The highest BCUT2D eigenvalue weighted by Gasteiger charge is 2.30. The average molecular weight is 320 g/mol. The smallest absolute Gasteiger partial charge is 0.146 e. The molecule has 3 heteroatoms. The number of Topliss-reactive ketones (excluding diaryl/α,β-unsaturated/α-hetero) is 1. The summed E-state index contributed by atoms with van der Waals surface area (Å²) in [4.78, 5) is 12.5. The Hall–Kier alpha value is -2.81. The van der Waals surface area contributed by atoms with E-state index in [4.69, 9.17) is 0 Å². The highest BCUT2D eigenvalue weighted by molar-refractivity contribution is 5.90. The summed E-state index contributed by atoms with van der Waals surface area (Å²) in [5, 5.41) is 19.5. The molecule has 3 nitrogen and oxygen atoms in total. The van der Waals surface area contributed by atoms with Crippen molar-refractivity contribution in [3.8, 4) is 11.5 Å². The van der Waals surface area contributed by atoms with Gasteiger partial charge in [0.15, 0.2) is 0 Å². The predicted molar refractivity (Wildman–Crippen MR) is 95.5 cm³/mol. The van der Waals surface area contributed by atoms with Crippen LogP contribution in [0.15, 0.2) is 60.7 Å². The maximum absolute atomic E-state index is 12.5. The van der Waals surface area contributed by atoms with Crippen molar-refractivity contribution in [1.29, 1.82) is 0 Å². The molecule has 24 heavy (non-hydrogen) atoms. The summed E-state index contributed by atoms with van der Waals surface area (Å²) < 4.78 is 0. The summed E-state index contributed by atoms with van der Waals surface area (Å²) >= 11 is 0. The second-order valence-corrected chi connectivity index (χ2v) is 6.03. The fourth-order valence-corrected chi connectivity index (χ4v) is 3.00. The molecule has 2 aromatic carbocycles. The minimum atomic E-state index is -0.122. The monoisotopic (exact) mass is 320 g/mol. The van der Waals surface area contributed by atoms with Crippen LogP contribution in [0.4, 0.5) is 0 Å². The van der Waals surface area contributed by atoms with Gasteiger partial charge in [-0.15, -0.1) is 0 Å². The van der Waals surface area contributed by atoms with Gasteiger partial charge in [-0.3, -0.25) is 4.79 Å². The van der Waals surface area contributed by atoms with Crippen LogP contribution in [0.3, 0.4) is 0 Å². The number of allylic oxidation sites excluding steroid dienone is 2. The zero-order valence-corrected chi connectivity index (χ0v) is 13.3. The van der Waals surface area contributed by atoms with Gasteiger partial charge in [-0.25, -0.2) is 0 Å². The first-order valence-corrected chi connectivity index (χ1v) is 8.11. The molecule has 3 rings (SSSR count). The summed E-state index contributed by atoms with van der Waals surface area (Å²) in [6.07, 6.45) is 8.99. The largest absolute Gasteiger partial charge is 0.507 e. The minimum absolute atomic E-state index is 0.122. The van der Waals surface area contributed by atoms with Crippen LogP contribution in [0.5, 0.6) is 11.5 Å². The Bertz CT molecular complexity index is 724. The number of ketones is 1. The predicted octanol–water partition coefficient (Wildman–Crippen LogP) is 4.42. The van der Waals surface area contributed by atoms with Crippen molar-refractivity contribution in [2.45, 2.75) is 12.8 Å². The third-order valence-corrected chi connectivity index (χ3v) is 4.41. The zero-order valence-electron chi connectivity index (χ0n) is 13.3. The Morgan fingerprint density at radius 3 is 1.58 bits per heavy atom. The fourth-order valence-electron chi connectivity index (χ4n) is 3.00. The maximum Gasteiger partial charge on any atom is 0.146 e. The number of para-hydroxylation sites is 2. The van der Waals surface area contributed by atoms with E-state index in [9.17, 15) is 15.0 Å². The Morgan fingerprint density at radius 2 is 1.17 bits per heavy atom. The molecule has 0 unspecified atom stereocenters. The number of hydrogen-bond acceptors (Lipinski definition) is 3. The number of carbonyl (C=O) groups excluding carboxylic acids is 1. The first-order valence-electron chi connectivity index (χ1n) is 8.11. The van der Waals surface area contributed by atoms with E-state index in [1.165, 1.54) is 0 Å². The molecule has 2 aromatic rings. The van der Waals surface area contributed by atoms with Crippen molar-refractivity contribution in [2.75, 3.05) is 0 Å². The van der Waals surface area contributed by atoms with E-state index in [-0.39, 0.29) is 29.1 Å². The van der Waals surface area contributed by atoms with Gasteiger partial charge < -0.3 is 10.2 Å². The lowest BCUT2D eigenvalue weighted by molar-refractivity contribution is -0.121. The molecule has 0 spiro atoms. The molecule has 0 saturated heterocycles. The van der Waals surface area contributed by atoms with Gasteiger partial charge in [-0.1, -0.05) is 60.7 Å². The number of hydrogen-bond donors (Lipinski definition) is 2. The van der Waals surface area contributed by atoms with Crippen LogP contribution in [0.2, 0.25) is 0 Å². The normalized spacial score (nSPS) is 21.1. The lowest BCUT2D eigenvalue weighted by Gasteiger charge is -2.04. The van der Waals surface area contributed by atoms with Gasteiger partial charge in [0.1, 0.15) is 17.3 Å². The molecule has 1 saturated carbocycles. The quantitative estimate of drug-likeness (QED) is 0.876. The van der Waals surface area contributed by atoms with Crippen molar-refractivity contribution < 1.29 is 15.0 Å². The van der Waals surface area contributed by atoms with Crippen molar-refractivity contribution in [2.24, 2.45) is 11.8 Å². The number of aromatic hydroxyl groups is 2. The molecule has 0 radical (unpaired) electrons. The molecule has 122 valence electrons. The Balaban J connectivity index is 1.67. The van der Waals surface area contributed by atoms with Crippen LogP contribution in [0.25, 0.3) is 12.2 Å². The van der Waals surface area contributed by atoms with E-state index < -0.39 is 0 Å². The van der Waals surface area contributed by atoms with Crippen LogP contribution in [-0.4, -0.2) is 16.0 Å². The lowest BCUT2D eigenvalue weighted by Crippen LogP contribution is -2.10. The summed E-state index contributed by atoms with van der Waals surface area (Å²) in [6, 6.07) is 14.2. The number of carbonyl (C=O) groups is 1. The Kier molecular flexibility index (Phi) is 4.80. The third kappa shape index (κ3) is 3.57.